The van der Waals surface area contributed by atoms with Crippen LogP contribution < -0.4 is 20.5 Å². The summed E-state index contributed by atoms with van der Waals surface area (Å²) < 4.78 is 24.3. The topological polar surface area (TPSA) is 151 Å². The molecule has 1 aliphatic rings. The Balaban J connectivity index is 1.71. The number of urea groups is 1. The molecule has 0 spiro atoms. The van der Waals surface area contributed by atoms with Gasteiger partial charge in [-0.15, -0.1) is 0 Å². The highest BCUT2D eigenvalue weighted by molar-refractivity contribution is 7.90. The van der Waals surface area contributed by atoms with Crippen molar-refractivity contribution in [1.82, 2.24) is 10.2 Å². The van der Waals surface area contributed by atoms with Crippen LogP contribution in [0.5, 0.6) is 0 Å². The fourth-order valence-corrected chi connectivity index (χ4v) is 3.43. The predicted octanol–water partition coefficient (Wildman–Crippen LogP) is 0.708. The van der Waals surface area contributed by atoms with Gasteiger partial charge in [-0.2, -0.15) is 8.42 Å². The highest BCUT2D eigenvalue weighted by Gasteiger charge is 2.49. The monoisotopic (exact) mass is 417 g/mol. The summed E-state index contributed by atoms with van der Waals surface area (Å²) in [4.78, 5) is 38.3. The van der Waals surface area contributed by atoms with Crippen LogP contribution in [0.25, 0.3) is 0 Å². The number of amides is 4. The van der Waals surface area contributed by atoms with Crippen LogP contribution in [0, 0.1) is 0 Å². The number of nitrogens with two attached hydrogens (primary N) is 1. The minimum atomic E-state index is -3.96. The summed E-state index contributed by atoms with van der Waals surface area (Å²) in [5.41, 5.74) is -0.251. The van der Waals surface area contributed by atoms with E-state index in [1.807, 2.05) is 0 Å². The molecule has 4 amide bonds. The van der Waals surface area contributed by atoms with Gasteiger partial charge < -0.3 is 10.6 Å². The summed E-state index contributed by atoms with van der Waals surface area (Å²) in [6.45, 7) is 1.07. The maximum Gasteiger partial charge on any atom is 0.325 e. The molecule has 1 fully saturated rings. The van der Waals surface area contributed by atoms with E-state index >= 15 is 0 Å². The molecule has 1 unspecified atom stereocenters. The molecule has 29 heavy (non-hydrogen) atoms. The standard InChI is InChI=1S/C18H19N5O5S/c1-18(12-6-3-2-4-7-12)16(25)23(17(26)21-18)11-15(24)20-13-8-5-9-14(10-13)22-29(19,27)28/h2-10,22H,11H2,1H3,(H,20,24)(H,21,26)(H2,19,27,28). The van der Waals surface area contributed by atoms with Crippen LogP contribution in [0.3, 0.4) is 0 Å². The lowest BCUT2D eigenvalue weighted by Gasteiger charge is -2.22. The second-order valence-corrected chi connectivity index (χ2v) is 7.88. The quantitative estimate of drug-likeness (QED) is 0.510. The molecule has 1 aliphatic heterocycles. The fraction of sp³-hybridized carbons (Fsp3) is 0.167. The number of imide groups is 1. The lowest BCUT2D eigenvalue weighted by Crippen LogP contribution is -2.42. The number of carbonyl (C=O) groups is 3. The van der Waals surface area contributed by atoms with Crippen LogP contribution in [0.4, 0.5) is 16.2 Å². The number of nitrogens with one attached hydrogen (secondary N) is 3. The van der Waals surface area contributed by atoms with Crippen LogP contribution in [-0.2, 0) is 25.3 Å². The van der Waals surface area contributed by atoms with Crippen LogP contribution >= 0.6 is 0 Å². The Kier molecular flexibility index (Phi) is 5.27. The Labute approximate surface area is 167 Å². The van der Waals surface area contributed by atoms with Gasteiger partial charge in [0.2, 0.25) is 5.91 Å². The summed E-state index contributed by atoms with van der Waals surface area (Å²) in [5, 5.41) is 10.0. The van der Waals surface area contributed by atoms with Crippen LogP contribution in [0.2, 0.25) is 0 Å². The third kappa shape index (κ3) is 4.52. The SMILES string of the molecule is CC1(c2ccccc2)NC(=O)N(CC(=O)Nc2cccc(NS(N)(=O)=O)c2)C1=O. The Bertz CT molecular complexity index is 1070. The molecule has 2 aromatic rings. The van der Waals surface area contributed by atoms with Crippen molar-refractivity contribution in [1.29, 1.82) is 0 Å². The van der Waals surface area contributed by atoms with Crippen molar-refractivity contribution in [3.63, 3.8) is 0 Å². The number of rotatable bonds is 6. The molecular weight excluding hydrogens is 398 g/mol. The van der Waals surface area contributed by atoms with E-state index in [2.05, 4.69) is 15.4 Å². The van der Waals surface area contributed by atoms with Crippen molar-refractivity contribution in [2.45, 2.75) is 12.5 Å². The smallest absolute Gasteiger partial charge is 0.324 e. The van der Waals surface area contributed by atoms with Crippen LogP contribution in [0.1, 0.15) is 12.5 Å². The molecule has 0 aromatic heterocycles. The second-order valence-electron chi connectivity index (χ2n) is 6.59. The van der Waals surface area contributed by atoms with Gasteiger partial charge in [0.15, 0.2) is 0 Å². The van der Waals surface area contributed by atoms with Gasteiger partial charge in [-0.25, -0.2) is 9.93 Å². The Hall–Kier alpha value is -3.44. The molecule has 10 nitrogen and oxygen atoms in total. The molecular formula is C18H19N5O5S. The van der Waals surface area contributed by atoms with E-state index in [4.69, 9.17) is 5.14 Å². The first-order valence-corrected chi connectivity index (χ1v) is 10.0. The maximum absolute atomic E-state index is 12.8. The predicted molar refractivity (Wildman–Crippen MR) is 106 cm³/mol. The van der Waals surface area contributed by atoms with E-state index in [0.717, 1.165) is 4.90 Å². The largest absolute Gasteiger partial charge is 0.325 e. The molecule has 1 saturated heterocycles. The first kappa shape index (κ1) is 20.3. The summed E-state index contributed by atoms with van der Waals surface area (Å²) in [6.07, 6.45) is 0. The van der Waals surface area contributed by atoms with Gasteiger partial charge in [0.05, 0.1) is 5.69 Å². The van der Waals surface area contributed by atoms with Gasteiger partial charge in [0, 0.05) is 5.69 Å². The molecule has 1 atom stereocenters. The van der Waals surface area contributed by atoms with Crippen LogP contribution in [0.15, 0.2) is 54.6 Å². The normalized spacial score (nSPS) is 19.0. The van der Waals surface area contributed by atoms with Crippen molar-refractivity contribution in [2.24, 2.45) is 5.14 Å². The number of anilines is 2. The van der Waals surface area contributed by atoms with E-state index < -0.39 is 40.1 Å². The number of hydrogen-bond donors (Lipinski definition) is 4. The van der Waals surface area contributed by atoms with Gasteiger partial charge in [-0.05, 0) is 30.7 Å². The highest BCUT2D eigenvalue weighted by Crippen LogP contribution is 2.28. The highest BCUT2D eigenvalue weighted by atomic mass is 32.2. The van der Waals surface area contributed by atoms with Crippen molar-refractivity contribution in [3.05, 3.63) is 60.2 Å². The zero-order valence-electron chi connectivity index (χ0n) is 15.4. The minimum Gasteiger partial charge on any atom is -0.324 e. The lowest BCUT2D eigenvalue weighted by atomic mass is 9.92. The number of nitrogens with zero attached hydrogens (tertiary/aromatic N) is 1. The number of carbonyl (C=O) groups excluding carboxylic acids is 3. The summed E-state index contributed by atoms with van der Waals surface area (Å²) >= 11 is 0. The molecule has 1 heterocycles. The van der Waals surface area contributed by atoms with Gasteiger partial charge in [-0.1, -0.05) is 36.4 Å². The maximum atomic E-state index is 12.8. The van der Waals surface area contributed by atoms with Crippen molar-refractivity contribution >= 4 is 39.4 Å². The zero-order chi connectivity index (χ0) is 21.2. The van der Waals surface area contributed by atoms with E-state index in [1.165, 1.54) is 24.3 Å². The van der Waals surface area contributed by atoms with Gasteiger partial charge in [-0.3, -0.25) is 19.2 Å². The summed E-state index contributed by atoms with van der Waals surface area (Å²) in [5.74, 6) is -1.17. The molecule has 0 bridgehead atoms. The van der Waals surface area contributed by atoms with Gasteiger partial charge in [0.1, 0.15) is 12.1 Å². The van der Waals surface area contributed by atoms with E-state index in [1.54, 1.807) is 37.3 Å². The van der Waals surface area contributed by atoms with Crippen molar-refractivity contribution in [2.75, 3.05) is 16.6 Å². The number of hydrogen-bond acceptors (Lipinski definition) is 5. The first-order chi connectivity index (χ1) is 13.6. The Morgan fingerprint density at radius 3 is 2.41 bits per heavy atom. The zero-order valence-corrected chi connectivity index (χ0v) is 16.2. The molecule has 0 saturated carbocycles. The van der Waals surface area contributed by atoms with E-state index in [0.29, 0.717) is 5.56 Å². The van der Waals surface area contributed by atoms with Crippen molar-refractivity contribution < 1.29 is 22.8 Å². The molecule has 11 heteroatoms. The second kappa shape index (κ2) is 7.53. The molecule has 5 N–H and O–H groups in total. The van der Waals surface area contributed by atoms with Gasteiger partial charge >= 0.3 is 6.03 Å². The molecule has 0 radical (unpaired) electrons. The van der Waals surface area contributed by atoms with E-state index in [9.17, 15) is 22.8 Å². The Morgan fingerprint density at radius 1 is 1.10 bits per heavy atom. The molecule has 2 aromatic carbocycles. The molecule has 0 aliphatic carbocycles. The van der Waals surface area contributed by atoms with Gasteiger partial charge in [0.25, 0.3) is 16.1 Å². The summed E-state index contributed by atoms with van der Waals surface area (Å²) in [7, 11) is -3.96. The summed E-state index contributed by atoms with van der Waals surface area (Å²) in [6, 6.07) is 13.9. The average Bonchev–Trinajstić information content (AvgIpc) is 2.85. The molecule has 152 valence electrons. The Morgan fingerprint density at radius 2 is 1.76 bits per heavy atom. The van der Waals surface area contributed by atoms with E-state index in [-0.39, 0.29) is 11.4 Å². The average molecular weight is 417 g/mol. The fourth-order valence-electron chi connectivity index (χ4n) is 2.98. The minimum absolute atomic E-state index is 0.150. The number of benzene rings is 2. The van der Waals surface area contributed by atoms with Crippen molar-refractivity contribution in [3.8, 4) is 0 Å². The third-order valence-electron chi connectivity index (χ3n) is 4.33. The first-order valence-electron chi connectivity index (χ1n) is 8.48. The lowest BCUT2D eigenvalue weighted by molar-refractivity contribution is -0.133. The third-order valence-corrected chi connectivity index (χ3v) is 4.85. The van der Waals surface area contributed by atoms with Crippen LogP contribution in [-0.4, -0.2) is 37.7 Å². The molecule has 3 rings (SSSR count).